The van der Waals surface area contributed by atoms with Crippen molar-refractivity contribution in [1.82, 2.24) is 0 Å². The molecule has 0 spiro atoms. The summed E-state index contributed by atoms with van der Waals surface area (Å²) in [6.45, 7) is 6.00. The largest absolute Gasteiger partial charge is 0.390 e. The summed E-state index contributed by atoms with van der Waals surface area (Å²) in [7, 11) is 0. The van der Waals surface area contributed by atoms with E-state index in [1.165, 1.54) is 0 Å². The van der Waals surface area contributed by atoms with Gasteiger partial charge in [-0.1, -0.05) is 19.9 Å². The lowest BCUT2D eigenvalue weighted by Gasteiger charge is -2.58. The van der Waals surface area contributed by atoms with Gasteiger partial charge in [-0.15, -0.1) is 0 Å². The van der Waals surface area contributed by atoms with Crippen molar-refractivity contribution in [1.29, 1.82) is 0 Å². The summed E-state index contributed by atoms with van der Waals surface area (Å²) in [6, 6.07) is 0. The molecule has 4 nitrogen and oxygen atoms in total. The number of hydrogen-bond acceptors (Lipinski definition) is 4. The van der Waals surface area contributed by atoms with Gasteiger partial charge in [-0.05, 0) is 68.1 Å². The Balaban J connectivity index is 1.76. The van der Waals surface area contributed by atoms with Gasteiger partial charge in [-0.2, -0.15) is 0 Å². The van der Waals surface area contributed by atoms with Crippen LogP contribution in [-0.2, 0) is 4.79 Å². The fourth-order valence-corrected chi connectivity index (χ4v) is 6.48. The summed E-state index contributed by atoms with van der Waals surface area (Å²) in [5.41, 5.74) is -0.843. The quantitative estimate of drug-likeness (QED) is 0.634. The first-order valence-electron chi connectivity index (χ1n) is 9.15. The van der Waals surface area contributed by atoms with Crippen LogP contribution >= 0.6 is 0 Å². The van der Waals surface area contributed by atoms with Gasteiger partial charge in [0.15, 0.2) is 5.78 Å². The summed E-state index contributed by atoms with van der Waals surface area (Å²) in [5, 5.41) is 32.1. The lowest BCUT2D eigenvalue weighted by Crippen LogP contribution is -2.56. The molecule has 4 aliphatic carbocycles. The van der Waals surface area contributed by atoms with Gasteiger partial charge in [0.05, 0.1) is 17.8 Å². The van der Waals surface area contributed by atoms with Crippen LogP contribution < -0.4 is 0 Å². The Hall–Kier alpha value is -0.970. The van der Waals surface area contributed by atoms with Gasteiger partial charge < -0.3 is 15.3 Å². The fraction of sp³-hybridized carbons (Fsp3) is 0.750. The highest BCUT2D eigenvalue weighted by molar-refractivity contribution is 6.01. The maximum atomic E-state index is 11.8. The predicted octanol–water partition coefficient (Wildman–Crippen LogP) is 1.99. The molecule has 4 rings (SSSR count). The van der Waals surface area contributed by atoms with Crippen molar-refractivity contribution < 1.29 is 20.1 Å². The number of ketones is 1. The number of hydrogen-bond donors (Lipinski definition) is 3. The molecule has 24 heavy (non-hydrogen) atoms. The standard InChI is InChI=1S/C20H28O4/c1-18-6-4-11(21)8-15(18)16(22)9-12-13(18)5-7-19(2)14(12)10-17(23)20(19,3)24/h4,6,8,12-14,16-17,22-24H,5,7,9-10H2,1-3H3/t12-,13+,14+,16-,17+,18-,19+,20-/m1/s1. The molecule has 0 aromatic rings. The molecule has 0 unspecified atom stereocenters. The van der Waals surface area contributed by atoms with Crippen molar-refractivity contribution in [2.24, 2.45) is 28.6 Å². The number of carbonyl (C=O) groups excluding carboxylic acids is 1. The molecule has 3 saturated carbocycles. The molecule has 0 bridgehead atoms. The molecule has 3 N–H and O–H groups in total. The highest BCUT2D eigenvalue weighted by atomic mass is 16.3. The molecule has 0 radical (unpaired) electrons. The van der Waals surface area contributed by atoms with Crippen LogP contribution in [0.3, 0.4) is 0 Å². The number of aliphatic hydroxyl groups is 3. The molecule has 132 valence electrons. The molecule has 3 fully saturated rings. The molecule has 4 aliphatic rings. The van der Waals surface area contributed by atoms with E-state index in [2.05, 4.69) is 13.8 Å². The van der Waals surface area contributed by atoms with Crippen LogP contribution in [0.15, 0.2) is 23.8 Å². The molecule has 0 heterocycles. The van der Waals surface area contributed by atoms with Gasteiger partial charge >= 0.3 is 0 Å². The van der Waals surface area contributed by atoms with E-state index < -0.39 is 17.8 Å². The Morgan fingerprint density at radius 2 is 1.83 bits per heavy atom. The lowest BCUT2D eigenvalue weighted by molar-refractivity contribution is -0.144. The Bertz CT molecular complexity index is 648. The first kappa shape index (κ1) is 16.5. The zero-order chi connectivity index (χ0) is 17.5. The predicted molar refractivity (Wildman–Crippen MR) is 90.0 cm³/mol. The van der Waals surface area contributed by atoms with Crippen LogP contribution in [-0.4, -0.2) is 38.9 Å². The van der Waals surface area contributed by atoms with Crippen LogP contribution in [0.4, 0.5) is 0 Å². The SMILES string of the molecule is C[C@]12C=CC(=O)C=C1[C@H](O)C[C@@H]1[C@@H]2CC[C@@]2(C)[C@H]1C[C@H](O)[C@@]2(C)O. The first-order valence-corrected chi connectivity index (χ1v) is 9.15. The third-order valence-electron chi connectivity index (χ3n) is 8.25. The summed E-state index contributed by atoms with van der Waals surface area (Å²) in [4.78, 5) is 11.8. The van der Waals surface area contributed by atoms with Gasteiger partial charge in [0, 0.05) is 10.8 Å². The van der Waals surface area contributed by atoms with Crippen molar-refractivity contribution in [2.45, 2.75) is 64.3 Å². The van der Waals surface area contributed by atoms with Gasteiger partial charge in [0.1, 0.15) is 0 Å². The second kappa shape index (κ2) is 4.80. The summed E-state index contributed by atoms with van der Waals surface area (Å²) < 4.78 is 0. The number of aliphatic hydroxyl groups excluding tert-OH is 2. The van der Waals surface area contributed by atoms with Crippen molar-refractivity contribution in [2.75, 3.05) is 0 Å². The normalized spacial score (nSPS) is 56.3. The Morgan fingerprint density at radius 1 is 1.12 bits per heavy atom. The van der Waals surface area contributed by atoms with Gasteiger partial charge in [-0.25, -0.2) is 0 Å². The maximum absolute atomic E-state index is 11.8. The van der Waals surface area contributed by atoms with Crippen LogP contribution in [0.5, 0.6) is 0 Å². The molecular formula is C20H28O4. The Morgan fingerprint density at radius 3 is 2.54 bits per heavy atom. The van der Waals surface area contributed by atoms with Gasteiger partial charge in [0.25, 0.3) is 0 Å². The fourth-order valence-electron chi connectivity index (χ4n) is 6.48. The lowest BCUT2D eigenvalue weighted by atomic mass is 9.47. The molecule has 0 aliphatic heterocycles. The van der Waals surface area contributed by atoms with E-state index in [1.54, 1.807) is 19.1 Å². The topological polar surface area (TPSA) is 77.8 Å². The van der Waals surface area contributed by atoms with E-state index in [0.29, 0.717) is 18.8 Å². The summed E-state index contributed by atoms with van der Waals surface area (Å²) in [6.07, 6.45) is 6.93. The minimum Gasteiger partial charge on any atom is -0.390 e. The van der Waals surface area contributed by atoms with Crippen LogP contribution in [0.25, 0.3) is 0 Å². The van der Waals surface area contributed by atoms with Gasteiger partial charge in [-0.3, -0.25) is 4.79 Å². The van der Waals surface area contributed by atoms with Crippen LogP contribution in [0.1, 0.15) is 46.5 Å². The maximum Gasteiger partial charge on any atom is 0.178 e. The second-order valence-electron chi connectivity index (χ2n) is 9.10. The van der Waals surface area contributed by atoms with Crippen molar-refractivity contribution in [3.8, 4) is 0 Å². The molecule has 0 aromatic heterocycles. The van der Waals surface area contributed by atoms with Gasteiger partial charge in [0.2, 0.25) is 0 Å². The Kier molecular flexibility index (Phi) is 3.30. The Labute approximate surface area is 143 Å². The third-order valence-corrected chi connectivity index (χ3v) is 8.25. The zero-order valence-electron chi connectivity index (χ0n) is 14.7. The average molecular weight is 332 g/mol. The van der Waals surface area contributed by atoms with Crippen molar-refractivity contribution in [3.63, 3.8) is 0 Å². The molecule has 8 atom stereocenters. The highest BCUT2D eigenvalue weighted by Gasteiger charge is 2.66. The summed E-state index contributed by atoms with van der Waals surface area (Å²) in [5.74, 6) is 0.748. The third kappa shape index (κ3) is 1.82. The first-order chi connectivity index (χ1) is 11.1. The molecular weight excluding hydrogens is 304 g/mol. The molecule has 4 heteroatoms. The second-order valence-corrected chi connectivity index (χ2v) is 9.10. The number of fused-ring (bicyclic) bond motifs is 5. The molecule has 0 aromatic carbocycles. The van der Waals surface area contributed by atoms with E-state index in [1.807, 2.05) is 6.08 Å². The number of rotatable bonds is 0. The van der Waals surface area contributed by atoms with Crippen molar-refractivity contribution >= 4 is 5.78 Å². The van der Waals surface area contributed by atoms with Crippen molar-refractivity contribution in [3.05, 3.63) is 23.8 Å². The molecule has 0 amide bonds. The minimum absolute atomic E-state index is 0.0418. The summed E-state index contributed by atoms with van der Waals surface area (Å²) >= 11 is 0. The number of allylic oxidation sites excluding steroid dienone is 3. The van der Waals surface area contributed by atoms with Crippen LogP contribution in [0.2, 0.25) is 0 Å². The van der Waals surface area contributed by atoms with E-state index in [-0.39, 0.29) is 28.4 Å². The minimum atomic E-state index is -1.08. The smallest absolute Gasteiger partial charge is 0.178 e. The average Bonchev–Trinajstić information content (AvgIpc) is 2.69. The van der Waals surface area contributed by atoms with E-state index in [4.69, 9.17) is 0 Å². The van der Waals surface area contributed by atoms with Crippen LogP contribution in [0, 0.1) is 28.6 Å². The monoisotopic (exact) mass is 332 g/mol. The zero-order valence-corrected chi connectivity index (χ0v) is 14.7. The van der Waals surface area contributed by atoms with E-state index >= 15 is 0 Å². The molecule has 0 saturated heterocycles. The highest BCUT2D eigenvalue weighted by Crippen LogP contribution is 2.66. The number of carbonyl (C=O) groups is 1. The van der Waals surface area contributed by atoms with E-state index in [0.717, 1.165) is 18.4 Å². The van der Waals surface area contributed by atoms with E-state index in [9.17, 15) is 20.1 Å².